The Labute approximate surface area is 156 Å². The topological polar surface area (TPSA) is 111 Å². The number of hydrogen-bond acceptors (Lipinski definition) is 6. The summed E-state index contributed by atoms with van der Waals surface area (Å²) in [5, 5.41) is 26.0. The lowest BCUT2D eigenvalue weighted by Gasteiger charge is -2.04. The summed E-state index contributed by atoms with van der Waals surface area (Å²) in [6, 6.07) is 13.2. The molecule has 2 aromatic rings. The first kappa shape index (κ1) is 19.8. The van der Waals surface area contributed by atoms with Crippen molar-refractivity contribution >= 4 is 29.4 Å². The van der Waals surface area contributed by atoms with E-state index in [4.69, 9.17) is 0 Å². The summed E-state index contributed by atoms with van der Waals surface area (Å²) in [7, 11) is 0. The predicted octanol–water partition coefficient (Wildman–Crippen LogP) is 5.17. The molecule has 1 N–H and O–H groups in total. The minimum Gasteiger partial charge on any atom is -0.272 e. The highest BCUT2D eigenvalue weighted by Crippen LogP contribution is 2.28. The molecular formula is C19H20N4O4. The van der Waals surface area contributed by atoms with E-state index in [2.05, 4.69) is 17.5 Å². The van der Waals surface area contributed by atoms with Crippen LogP contribution in [0.2, 0.25) is 0 Å². The number of anilines is 1. The summed E-state index contributed by atoms with van der Waals surface area (Å²) in [6.07, 6.45) is 6.46. The van der Waals surface area contributed by atoms with Crippen LogP contribution in [0.5, 0.6) is 0 Å². The first-order chi connectivity index (χ1) is 13.0. The summed E-state index contributed by atoms with van der Waals surface area (Å²) in [5.41, 5.74) is 3.98. The Morgan fingerprint density at radius 2 is 1.85 bits per heavy atom. The van der Waals surface area contributed by atoms with Crippen LogP contribution in [0.15, 0.2) is 59.2 Å². The van der Waals surface area contributed by atoms with Crippen LogP contribution in [-0.4, -0.2) is 16.1 Å². The fourth-order valence-electron chi connectivity index (χ4n) is 2.38. The fourth-order valence-corrected chi connectivity index (χ4v) is 2.38. The number of nitrogens with one attached hydrogen (secondary N) is 1. The number of non-ortho nitro benzene ring substituents is 1. The van der Waals surface area contributed by atoms with E-state index in [0.717, 1.165) is 36.5 Å². The number of nitro benzene ring substituents is 2. The number of allylic oxidation sites excluding steroid dienone is 1. The molecule has 0 spiro atoms. The molecule has 0 saturated carbocycles. The van der Waals surface area contributed by atoms with Crippen molar-refractivity contribution in [2.75, 3.05) is 5.43 Å². The second kappa shape index (κ2) is 9.81. The second-order valence-corrected chi connectivity index (χ2v) is 5.82. The van der Waals surface area contributed by atoms with Crippen LogP contribution >= 0.6 is 0 Å². The summed E-state index contributed by atoms with van der Waals surface area (Å²) >= 11 is 0. The van der Waals surface area contributed by atoms with E-state index in [1.165, 1.54) is 12.1 Å². The molecule has 0 atom stereocenters. The maximum Gasteiger partial charge on any atom is 0.301 e. The maximum absolute atomic E-state index is 11.2. The number of hydrazone groups is 1. The van der Waals surface area contributed by atoms with E-state index in [-0.39, 0.29) is 11.4 Å². The molecule has 0 radical (unpaired) electrons. The van der Waals surface area contributed by atoms with Crippen LogP contribution < -0.4 is 5.43 Å². The Bertz CT molecular complexity index is 863. The molecule has 27 heavy (non-hydrogen) atoms. The minimum absolute atomic E-state index is 0.0939. The van der Waals surface area contributed by atoms with Gasteiger partial charge in [0, 0.05) is 6.07 Å². The molecule has 0 amide bonds. The molecule has 0 bridgehead atoms. The standard InChI is InChI=1S/C19H20N4O4/c1-2-3-7-16(12-15-8-5-4-6-9-15)14-20-21-18-11-10-17(22(24)25)13-19(18)23(26)27/h4-6,8-14,21H,2-3,7H2,1H3. The Morgan fingerprint density at radius 1 is 1.11 bits per heavy atom. The van der Waals surface area contributed by atoms with Gasteiger partial charge in [-0.25, -0.2) is 0 Å². The largest absolute Gasteiger partial charge is 0.301 e. The molecule has 8 heteroatoms. The highest BCUT2D eigenvalue weighted by Gasteiger charge is 2.19. The van der Waals surface area contributed by atoms with Crippen LogP contribution in [0.3, 0.4) is 0 Å². The Hall–Kier alpha value is -3.55. The van der Waals surface area contributed by atoms with Crippen molar-refractivity contribution in [3.8, 4) is 0 Å². The molecule has 0 saturated heterocycles. The van der Waals surface area contributed by atoms with Crippen molar-refractivity contribution in [2.45, 2.75) is 26.2 Å². The van der Waals surface area contributed by atoms with Crippen LogP contribution in [0.25, 0.3) is 6.08 Å². The normalized spacial score (nSPS) is 11.5. The molecule has 0 aliphatic carbocycles. The van der Waals surface area contributed by atoms with Crippen LogP contribution in [-0.2, 0) is 0 Å². The van der Waals surface area contributed by atoms with Gasteiger partial charge in [-0.05, 0) is 30.0 Å². The van der Waals surface area contributed by atoms with Crippen molar-refractivity contribution in [3.63, 3.8) is 0 Å². The summed E-state index contributed by atoms with van der Waals surface area (Å²) in [5.74, 6) is 0. The zero-order valence-corrected chi connectivity index (χ0v) is 14.9. The lowest BCUT2D eigenvalue weighted by Crippen LogP contribution is -1.99. The van der Waals surface area contributed by atoms with Crippen molar-refractivity contribution in [3.05, 3.63) is 79.9 Å². The van der Waals surface area contributed by atoms with Crippen molar-refractivity contribution in [1.82, 2.24) is 0 Å². The molecule has 0 aliphatic rings. The third-order valence-electron chi connectivity index (χ3n) is 3.77. The monoisotopic (exact) mass is 368 g/mol. The molecule has 0 aliphatic heterocycles. The van der Waals surface area contributed by atoms with Gasteiger partial charge in [0.05, 0.1) is 22.1 Å². The average molecular weight is 368 g/mol. The molecule has 0 heterocycles. The molecule has 140 valence electrons. The van der Waals surface area contributed by atoms with E-state index >= 15 is 0 Å². The van der Waals surface area contributed by atoms with Crippen molar-refractivity contribution in [1.29, 1.82) is 0 Å². The first-order valence-corrected chi connectivity index (χ1v) is 8.48. The molecule has 0 fully saturated rings. The van der Waals surface area contributed by atoms with Gasteiger partial charge in [-0.3, -0.25) is 25.7 Å². The number of benzene rings is 2. The van der Waals surface area contributed by atoms with Gasteiger partial charge in [-0.2, -0.15) is 5.10 Å². The van der Waals surface area contributed by atoms with E-state index in [1.54, 1.807) is 6.21 Å². The van der Waals surface area contributed by atoms with Gasteiger partial charge in [0.25, 0.3) is 5.69 Å². The molecule has 8 nitrogen and oxygen atoms in total. The Kier molecular flexibility index (Phi) is 7.18. The van der Waals surface area contributed by atoms with Gasteiger partial charge < -0.3 is 0 Å². The van der Waals surface area contributed by atoms with E-state index < -0.39 is 15.5 Å². The smallest absolute Gasteiger partial charge is 0.272 e. The number of nitro groups is 2. The number of nitrogens with zero attached hydrogens (tertiary/aromatic N) is 3. The van der Waals surface area contributed by atoms with Gasteiger partial charge in [-0.15, -0.1) is 0 Å². The minimum atomic E-state index is -0.678. The Morgan fingerprint density at radius 3 is 2.48 bits per heavy atom. The lowest BCUT2D eigenvalue weighted by atomic mass is 10.1. The summed E-state index contributed by atoms with van der Waals surface area (Å²) in [4.78, 5) is 20.6. The first-order valence-electron chi connectivity index (χ1n) is 8.48. The Balaban J connectivity index is 2.21. The second-order valence-electron chi connectivity index (χ2n) is 5.82. The summed E-state index contributed by atoms with van der Waals surface area (Å²) in [6.45, 7) is 2.09. The molecule has 0 unspecified atom stereocenters. The van der Waals surface area contributed by atoms with E-state index in [0.29, 0.717) is 0 Å². The third-order valence-corrected chi connectivity index (χ3v) is 3.77. The molecule has 2 aromatic carbocycles. The van der Waals surface area contributed by atoms with Crippen LogP contribution in [0, 0.1) is 20.2 Å². The number of rotatable bonds is 9. The quantitative estimate of drug-likeness (QED) is 0.373. The summed E-state index contributed by atoms with van der Waals surface area (Å²) < 4.78 is 0. The number of unbranched alkanes of at least 4 members (excludes halogenated alkanes) is 1. The number of hydrogen-bond donors (Lipinski definition) is 1. The van der Waals surface area contributed by atoms with E-state index in [9.17, 15) is 20.2 Å². The van der Waals surface area contributed by atoms with Crippen molar-refractivity contribution < 1.29 is 9.85 Å². The average Bonchev–Trinajstić information content (AvgIpc) is 2.66. The zero-order chi connectivity index (χ0) is 19.6. The predicted molar refractivity (Wildman–Crippen MR) is 106 cm³/mol. The molecule has 0 aromatic heterocycles. The van der Waals surface area contributed by atoms with Gasteiger partial charge in [0.2, 0.25) is 0 Å². The van der Waals surface area contributed by atoms with Gasteiger partial charge in [0.1, 0.15) is 5.69 Å². The third kappa shape index (κ3) is 6.03. The fraction of sp³-hybridized carbons (Fsp3) is 0.211. The maximum atomic E-state index is 11.2. The van der Waals surface area contributed by atoms with Crippen molar-refractivity contribution in [2.24, 2.45) is 5.10 Å². The highest BCUT2D eigenvalue weighted by atomic mass is 16.6. The zero-order valence-electron chi connectivity index (χ0n) is 14.9. The van der Waals surface area contributed by atoms with Gasteiger partial charge in [0.15, 0.2) is 0 Å². The van der Waals surface area contributed by atoms with Gasteiger partial charge in [-0.1, -0.05) is 49.8 Å². The lowest BCUT2D eigenvalue weighted by molar-refractivity contribution is -0.393. The van der Waals surface area contributed by atoms with E-state index in [1.807, 2.05) is 36.4 Å². The SMILES string of the molecule is CCCCC(C=NNc1ccc([N+](=O)[O-])cc1[N+](=O)[O-])=Cc1ccccc1. The molecule has 2 rings (SSSR count). The van der Waals surface area contributed by atoms with Crippen LogP contribution in [0.4, 0.5) is 17.1 Å². The molecular weight excluding hydrogens is 348 g/mol. The van der Waals surface area contributed by atoms with Gasteiger partial charge >= 0.3 is 5.69 Å². The highest BCUT2D eigenvalue weighted by molar-refractivity contribution is 5.86. The van der Waals surface area contributed by atoms with Crippen LogP contribution in [0.1, 0.15) is 31.7 Å².